The summed E-state index contributed by atoms with van der Waals surface area (Å²) in [6.07, 6.45) is -4.30. The van der Waals surface area contributed by atoms with E-state index < -0.39 is 23.4 Å². The molecule has 1 aliphatic rings. The van der Waals surface area contributed by atoms with Gasteiger partial charge < -0.3 is 14.7 Å². The van der Waals surface area contributed by atoms with Crippen molar-refractivity contribution in [3.8, 4) is 11.1 Å². The number of ether oxygens (including phenoxy) is 1. The number of hydrogen-bond acceptors (Lipinski definition) is 3. The summed E-state index contributed by atoms with van der Waals surface area (Å²) in [7, 11) is 0. The van der Waals surface area contributed by atoms with E-state index in [1.165, 1.54) is 12.1 Å². The predicted molar refractivity (Wildman–Crippen MR) is 112 cm³/mol. The van der Waals surface area contributed by atoms with Crippen LogP contribution in [0.4, 0.5) is 18.0 Å². The van der Waals surface area contributed by atoms with Gasteiger partial charge in [-0.1, -0.05) is 36.4 Å². The molecule has 1 N–H and O–H groups in total. The van der Waals surface area contributed by atoms with Crippen LogP contribution in [-0.4, -0.2) is 34.8 Å². The molecule has 0 bridgehead atoms. The molecule has 0 saturated carbocycles. The molecule has 1 saturated heterocycles. The Morgan fingerprint density at radius 3 is 2.16 bits per heavy atom. The summed E-state index contributed by atoms with van der Waals surface area (Å²) in [6, 6.07) is 12.2. The lowest BCUT2D eigenvalue weighted by molar-refractivity contribution is -0.137. The van der Waals surface area contributed by atoms with E-state index in [2.05, 4.69) is 0 Å². The molecule has 2 aromatic rings. The second-order valence-electron chi connectivity index (χ2n) is 8.91. The summed E-state index contributed by atoms with van der Waals surface area (Å²) in [5, 5.41) is 11.1. The Balaban J connectivity index is 1.72. The average Bonchev–Trinajstić information content (AvgIpc) is 2.71. The van der Waals surface area contributed by atoms with Crippen molar-refractivity contribution in [3.05, 3.63) is 59.7 Å². The fourth-order valence-corrected chi connectivity index (χ4v) is 3.83. The Hall–Kier alpha value is -2.54. The highest BCUT2D eigenvalue weighted by atomic mass is 19.4. The van der Waals surface area contributed by atoms with Gasteiger partial charge in [-0.15, -0.1) is 0 Å². The van der Waals surface area contributed by atoms with Gasteiger partial charge >= 0.3 is 12.3 Å². The first-order chi connectivity index (χ1) is 14.5. The maximum absolute atomic E-state index is 12.9. The van der Waals surface area contributed by atoms with Gasteiger partial charge in [-0.3, -0.25) is 0 Å². The minimum atomic E-state index is -4.39. The molecule has 3 rings (SSSR count). The number of likely N-dealkylation sites (tertiary alicyclic amines) is 1. The van der Waals surface area contributed by atoms with Crippen LogP contribution in [0.25, 0.3) is 11.1 Å². The fraction of sp³-hybridized carbons (Fsp3) is 0.458. The van der Waals surface area contributed by atoms with Gasteiger partial charge in [0.1, 0.15) is 5.60 Å². The molecule has 1 amide bonds. The number of hydrogen-bond donors (Lipinski definition) is 1. The summed E-state index contributed by atoms with van der Waals surface area (Å²) >= 11 is 0. The number of alkyl halides is 3. The lowest BCUT2D eigenvalue weighted by atomic mass is 9.84. The summed E-state index contributed by atoms with van der Waals surface area (Å²) in [4.78, 5) is 13.9. The van der Waals surface area contributed by atoms with Crippen LogP contribution < -0.4 is 0 Å². The monoisotopic (exact) mass is 435 g/mol. The van der Waals surface area contributed by atoms with E-state index in [1.807, 2.05) is 26.8 Å². The van der Waals surface area contributed by atoms with Crippen LogP contribution in [0.3, 0.4) is 0 Å². The number of rotatable bonds is 3. The van der Waals surface area contributed by atoms with Crippen molar-refractivity contribution in [1.29, 1.82) is 0 Å². The van der Waals surface area contributed by atoms with Crippen molar-refractivity contribution in [2.45, 2.75) is 51.5 Å². The molecule has 2 aromatic carbocycles. The van der Waals surface area contributed by atoms with Crippen LogP contribution in [0.2, 0.25) is 0 Å². The van der Waals surface area contributed by atoms with Gasteiger partial charge in [-0.05, 0) is 68.4 Å². The topological polar surface area (TPSA) is 49.8 Å². The van der Waals surface area contributed by atoms with Gasteiger partial charge in [0, 0.05) is 13.1 Å². The number of nitrogens with zero attached hydrogens (tertiary/aromatic N) is 1. The maximum Gasteiger partial charge on any atom is 0.416 e. The molecule has 31 heavy (non-hydrogen) atoms. The van der Waals surface area contributed by atoms with Gasteiger partial charge in [0.25, 0.3) is 0 Å². The van der Waals surface area contributed by atoms with E-state index in [4.69, 9.17) is 4.74 Å². The summed E-state index contributed by atoms with van der Waals surface area (Å²) < 4.78 is 44.0. The molecule has 1 aliphatic heterocycles. The van der Waals surface area contributed by atoms with Gasteiger partial charge in [0.05, 0.1) is 11.7 Å². The van der Waals surface area contributed by atoms with Crippen molar-refractivity contribution >= 4 is 6.09 Å². The number of carbonyl (C=O) groups is 1. The molecule has 0 aliphatic carbocycles. The number of piperidine rings is 1. The number of carbonyl (C=O) groups excluding carboxylic acids is 1. The summed E-state index contributed by atoms with van der Waals surface area (Å²) in [5.74, 6) is -0.0608. The fourth-order valence-electron chi connectivity index (χ4n) is 3.83. The van der Waals surface area contributed by atoms with Crippen LogP contribution in [-0.2, 0) is 10.9 Å². The zero-order valence-corrected chi connectivity index (χ0v) is 17.9. The molecule has 4 nitrogen and oxygen atoms in total. The number of aliphatic hydroxyl groups is 1. The molecule has 0 spiro atoms. The van der Waals surface area contributed by atoms with Crippen molar-refractivity contribution < 1.29 is 27.8 Å². The molecule has 168 valence electrons. The van der Waals surface area contributed by atoms with E-state index in [0.29, 0.717) is 42.6 Å². The second-order valence-corrected chi connectivity index (χ2v) is 8.91. The molecular weight excluding hydrogens is 407 g/mol. The first-order valence-corrected chi connectivity index (χ1v) is 10.4. The van der Waals surface area contributed by atoms with Crippen molar-refractivity contribution in [1.82, 2.24) is 4.90 Å². The molecule has 1 unspecified atom stereocenters. The molecular formula is C24H28F3NO3. The molecule has 0 aromatic heterocycles. The highest BCUT2D eigenvalue weighted by molar-refractivity contribution is 5.69. The Morgan fingerprint density at radius 2 is 1.61 bits per heavy atom. The van der Waals surface area contributed by atoms with E-state index in [1.54, 1.807) is 23.1 Å². The van der Waals surface area contributed by atoms with Crippen LogP contribution in [0.15, 0.2) is 48.5 Å². The summed E-state index contributed by atoms with van der Waals surface area (Å²) in [5.41, 5.74) is 0.738. The number of benzene rings is 2. The Labute approximate surface area is 180 Å². The standard InChI is InChI=1S/C24H28F3NO3/c1-23(2,3)31-22(30)28-14-12-17(13-15-28)21(29)20-7-5-4-6-19(20)16-8-10-18(11-9-16)24(25,26)27/h4-11,17,21,29H,12-15H2,1-3H3. The highest BCUT2D eigenvalue weighted by Gasteiger charge is 2.32. The average molecular weight is 435 g/mol. The quantitative estimate of drug-likeness (QED) is 0.638. The highest BCUT2D eigenvalue weighted by Crippen LogP contribution is 2.37. The maximum atomic E-state index is 12.9. The van der Waals surface area contributed by atoms with Crippen LogP contribution in [0.1, 0.15) is 50.8 Å². The largest absolute Gasteiger partial charge is 0.444 e. The number of aliphatic hydroxyl groups excluding tert-OH is 1. The van der Waals surface area contributed by atoms with Crippen molar-refractivity contribution in [3.63, 3.8) is 0 Å². The molecule has 1 atom stereocenters. The second kappa shape index (κ2) is 8.91. The number of halogens is 3. The zero-order valence-electron chi connectivity index (χ0n) is 17.9. The van der Waals surface area contributed by atoms with Gasteiger partial charge in [0.15, 0.2) is 0 Å². The number of amides is 1. The Bertz CT molecular complexity index is 896. The SMILES string of the molecule is CC(C)(C)OC(=O)N1CCC(C(O)c2ccccc2-c2ccc(C(F)(F)F)cc2)CC1. The minimum Gasteiger partial charge on any atom is -0.444 e. The van der Waals surface area contributed by atoms with Gasteiger partial charge in [-0.25, -0.2) is 4.79 Å². The van der Waals surface area contributed by atoms with Gasteiger partial charge in [-0.2, -0.15) is 13.2 Å². The third-order valence-electron chi connectivity index (χ3n) is 5.44. The van der Waals surface area contributed by atoms with Crippen molar-refractivity contribution in [2.75, 3.05) is 13.1 Å². The summed E-state index contributed by atoms with van der Waals surface area (Å²) in [6.45, 7) is 6.43. The lowest BCUT2D eigenvalue weighted by Gasteiger charge is -2.35. The van der Waals surface area contributed by atoms with Crippen LogP contribution in [0.5, 0.6) is 0 Å². The van der Waals surface area contributed by atoms with Crippen LogP contribution in [0, 0.1) is 5.92 Å². The Kier molecular flexibility index (Phi) is 6.65. The Morgan fingerprint density at radius 1 is 1.03 bits per heavy atom. The smallest absolute Gasteiger partial charge is 0.416 e. The normalized spacial score (nSPS) is 16.8. The first-order valence-electron chi connectivity index (χ1n) is 10.4. The molecule has 1 heterocycles. The van der Waals surface area contributed by atoms with Crippen molar-refractivity contribution in [2.24, 2.45) is 5.92 Å². The molecule has 1 fully saturated rings. The van der Waals surface area contributed by atoms with E-state index in [-0.39, 0.29) is 12.0 Å². The lowest BCUT2D eigenvalue weighted by Crippen LogP contribution is -2.42. The zero-order chi connectivity index (χ0) is 22.8. The van der Waals surface area contributed by atoms with E-state index >= 15 is 0 Å². The van der Waals surface area contributed by atoms with Gasteiger partial charge in [0.2, 0.25) is 0 Å². The van der Waals surface area contributed by atoms with E-state index in [9.17, 15) is 23.1 Å². The minimum absolute atomic E-state index is 0.0608. The predicted octanol–water partition coefficient (Wildman–Crippen LogP) is 6.05. The van der Waals surface area contributed by atoms with Crippen LogP contribution >= 0.6 is 0 Å². The third-order valence-corrected chi connectivity index (χ3v) is 5.44. The molecule has 0 radical (unpaired) electrons. The first kappa shape index (κ1) is 23.1. The molecule has 7 heteroatoms. The third kappa shape index (κ3) is 5.79. The van der Waals surface area contributed by atoms with E-state index in [0.717, 1.165) is 12.1 Å².